The zero-order valence-corrected chi connectivity index (χ0v) is 17.2. The molecule has 2 heterocycles. The number of hydrogen-bond donors (Lipinski definition) is 0. The van der Waals surface area contributed by atoms with Crippen LogP contribution in [0.2, 0.25) is 0 Å². The summed E-state index contributed by atoms with van der Waals surface area (Å²) in [6.45, 7) is 1.02. The van der Waals surface area contributed by atoms with E-state index in [1.807, 2.05) is 30.3 Å². The molecule has 8 heteroatoms. The summed E-state index contributed by atoms with van der Waals surface area (Å²) in [5.74, 6) is 0.708. The lowest BCUT2D eigenvalue weighted by Gasteiger charge is -2.31. The second-order valence-electron chi connectivity index (χ2n) is 8.22. The maximum Gasteiger partial charge on any atom is 0.247 e. The smallest absolute Gasteiger partial charge is 0.247 e. The lowest BCUT2D eigenvalue weighted by Crippen LogP contribution is -2.40. The van der Waals surface area contributed by atoms with Crippen LogP contribution in [-0.4, -0.2) is 36.0 Å². The van der Waals surface area contributed by atoms with Crippen molar-refractivity contribution in [3.63, 3.8) is 0 Å². The van der Waals surface area contributed by atoms with Crippen LogP contribution in [0.4, 0.5) is 4.39 Å². The molecule has 1 spiro atoms. The van der Waals surface area contributed by atoms with Crippen LogP contribution < -0.4 is 0 Å². The summed E-state index contributed by atoms with van der Waals surface area (Å²) in [7, 11) is -3.33. The van der Waals surface area contributed by atoms with Crippen LogP contribution in [0.15, 0.2) is 59.0 Å². The quantitative estimate of drug-likeness (QED) is 0.616. The molecule has 1 saturated heterocycles. The molecule has 1 aromatic heterocycles. The van der Waals surface area contributed by atoms with Crippen molar-refractivity contribution in [2.45, 2.75) is 30.9 Å². The summed E-state index contributed by atoms with van der Waals surface area (Å²) in [4.78, 5) is 0. The minimum Gasteiger partial charge on any atom is -0.420 e. The summed E-state index contributed by atoms with van der Waals surface area (Å²) in [5.41, 5.74) is 1.40. The van der Waals surface area contributed by atoms with Crippen molar-refractivity contribution < 1.29 is 17.2 Å². The number of benzene rings is 2. The molecule has 3 aromatic rings. The third kappa shape index (κ3) is 3.65. The second-order valence-corrected chi connectivity index (χ2v) is 10.2. The highest BCUT2D eigenvalue weighted by molar-refractivity contribution is 7.88. The zero-order chi connectivity index (χ0) is 20.8. The van der Waals surface area contributed by atoms with Crippen LogP contribution in [0, 0.1) is 11.2 Å². The van der Waals surface area contributed by atoms with Crippen molar-refractivity contribution in [3.8, 4) is 11.5 Å². The van der Waals surface area contributed by atoms with Crippen LogP contribution >= 0.6 is 0 Å². The number of hydrogen-bond acceptors (Lipinski definition) is 5. The number of nitrogens with zero attached hydrogens (tertiary/aromatic N) is 3. The number of piperidine rings is 1. The molecule has 6 nitrogen and oxygen atoms in total. The predicted molar refractivity (Wildman–Crippen MR) is 109 cm³/mol. The van der Waals surface area contributed by atoms with E-state index in [0.29, 0.717) is 30.4 Å². The van der Waals surface area contributed by atoms with Gasteiger partial charge in [-0.3, -0.25) is 0 Å². The van der Waals surface area contributed by atoms with Crippen LogP contribution in [0.1, 0.15) is 36.6 Å². The average molecular weight is 428 g/mol. The summed E-state index contributed by atoms with van der Waals surface area (Å²) in [5, 5.41) is 8.26. The molecular weight excluding hydrogens is 405 g/mol. The van der Waals surface area contributed by atoms with Gasteiger partial charge in [-0.15, -0.1) is 10.2 Å². The molecule has 30 heavy (non-hydrogen) atoms. The Balaban J connectivity index is 1.24. The van der Waals surface area contributed by atoms with Gasteiger partial charge in [0.1, 0.15) is 5.82 Å². The van der Waals surface area contributed by atoms with Gasteiger partial charge < -0.3 is 4.42 Å². The molecule has 1 aliphatic heterocycles. The zero-order valence-electron chi connectivity index (χ0n) is 16.4. The van der Waals surface area contributed by atoms with Gasteiger partial charge in [0.05, 0.1) is 5.75 Å². The van der Waals surface area contributed by atoms with Gasteiger partial charge in [-0.2, -0.15) is 0 Å². The first kappa shape index (κ1) is 19.4. The first-order valence-corrected chi connectivity index (χ1v) is 11.7. The number of rotatable bonds is 5. The van der Waals surface area contributed by atoms with Crippen molar-refractivity contribution in [1.29, 1.82) is 0 Å². The number of halogens is 1. The third-order valence-corrected chi connectivity index (χ3v) is 8.15. The molecule has 5 rings (SSSR count). The van der Waals surface area contributed by atoms with Crippen LogP contribution in [0.5, 0.6) is 0 Å². The fraction of sp³-hybridized carbons (Fsp3) is 0.364. The summed E-state index contributed by atoms with van der Waals surface area (Å²) >= 11 is 0. The van der Waals surface area contributed by atoms with Gasteiger partial charge >= 0.3 is 0 Å². The first-order valence-electron chi connectivity index (χ1n) is 10.1. The Hall–Kier alpha value is -2.58. The lowest BCUT2D eigenvalue weighted by atomic mass is 9.92. The van der Waals surface area contributed by atoms with Gasteiger partial charge in [0.15, 0.2) is 0 Å². The van der Waals surface area contributed by atoms with Crippen molar-refractivity contribution >= 4 is 10.0 Å². The van der Waals surface area contributed by atoms with Crippen molar-refractivity contribution in [2.24, 2.45) is 5.41 Å². The normalized spacial score (nSPS) is 21.0. The van der Waals surface area contributed by atoms with E-state index in [0.717, 1.165) is 24.8 Å². The standard InChI is InChI=1S/C22H22FN3O3S/c23-18-8-4-7-17(13-18)20-24-25-21(29-20)19-14-22(19)9-11-26(12-10-22)30(27,28)15-16-5-2-1-3-6-16/h1-8,13,19H,9-12,14-15H2/t19-/m1/s1. The van der Waals surface area contributed by atoms with Gasteiger partial charge in [0.25, 0.3) is 0 Å². The molecule has 2 aromatic carbocycles. The van der Waals surface area contributed by atoms with E-state index in [1.165, 1.54) is 12.1 Å². The molecule has 1 aliphatic carbocycles. The number of sulfonamides is 1. The highest BCUT2D eigenvalue weighted by atomic mass is 32.2. The second kappa shape index (κ2) is 7.28. The minimum absolute atomic E-state index is 0.0323. The lowest BCUT2D eigenvalue weighted by molar-refractivity contribution is 0.246. The predicted octanol–water partition coefficient (Wildman–Crippen LogP) is 3.98. The molecule has 1 saturated carbocycles. The van der Waals surface area contributed by atoms with Gasteiger partial charge in [0.2, 0.25) is 21.8 Å². The Morgan fingerprint density at radius 1 is 1.07 bits per heavy atom. The van der Waals surface area contributed by atoms with Gasteiger partial charge in [-0.05, 0) is 48.4 Å². The highest BCUT2D eigenvalue weighted by Crippen LogP contribution is 2.64. The SMILES string of the molecule is O=S(=O)(Cc1ccccc1)N1CCC2(CC1)C[C@@H]2c1nnc(-c2cccc(F)c2)o1. The van der Waals surface area contributed by atoms with E-state index >= 15 is 0 Å². The maximum atomic E-state index is 13.4. The van der Waals surface area contributed by atoms with Crippen LogP contribution in [0.3, 0.4) is 0 Å². The molecule has 1 atom stereocenters. The van der Waals surface area contributed by atoms with E-state index < -0.39 is 10.0 Å². The topological polar surface area (TPSA) is 76.3 Å². The van der Waals surface area contributed by atoms with Crippen molar-refractivity contribution in [2.75, 3.05) is 13.1 Å². The minimum atomic E-state index is -3.33. The summed E-state index contributed by atoms with van der Waals surface area (Å²) in [6, 6.07) is 15.4. The molecule has 2 fully saturated rings. The Morgan fingerprint density at radius 2 is 1.83 bits per heavy atom. The summed E-state index contributed by atoms with van der Waals surface area (Å²) in [6.07, 6.45) is 2.48. The van der Waals surface area contributed by atoms with Gasteiger partial charge in [0, 0.05) is 24.6 Å². The molecular formula is C22H22FN3O3S. The Morgan fingerprint density at radius 3 is 2.57 bits per heavy atom. The van der Waals surface area contributed by atoms with Crippen LogP contribution in [-0.2, 0) is 15.8 Å². The average Bonchev–Trinajstić information content (AvgIpc) is 3.20. The summed E-state index contributed by atoms with van der Waals surface area (Å²) < 4.78 is 46.4. The fourth-order valence-corrected chi connectivity index (χ4v) is 5.98. The van der Waals surface area contributed by atoms with Crippen molar-refractivity contribution in [3.05, 3.63) is 71.9 Å². The Bertz CT molecular complexity index is 1160. The van der Waals surface area contributed by atoms with Gasteiger partial charge in [-0.1, -0.05) is 36.4 Å². The molecule has 0 bridgehead atoms. The third-order valence-electron chi connectivity index (χ3n) is 6.30. The Kier molecular flexibility index (Phi) is 4.71. The number of aromatic nitrogens is 2. The fourth-order valence-electron chi connectivity index (χ4n) is 4.45. The van der Waals surface area contributed by atoms with E-state index in [1.54, 1.807) is 16.4 Å². The van der Waals surface area contributed by atoms with E-state index in [4.69, 9.17) is 4.42 Å². The molecule has 0 N–H and O–H groups in total. The highest BCUT2D eigenvalue weighted by Gasteiger charge is 2.58. The molecule has 0 amide bonds. The molecule has 156 valence electrons. The molecule has 0 radical (unpaired) electrons. The van der Waals surface area contributed by atoms with Gasteiger partial charge in [-0.25, -0.2) is 17.1 Å². The van der Waals surface area contributed by atoms with E-state index in [-0.39, 0.29) is 22.9 Å². The van der Waals surface area contributed by atoms with Crippen LogP contribution in [0.25, 0.3) is 11.5 Å². The Labute approximate surface area is 174 Å². The first-order chi connectivity index (χ1) is 14.5. The van der Waals surface area contributed by atoms with Crippen molar-refractivity contribution in [1.82, 2.24) is 14.5 Å². The monoisotopic (exact) mass is 427 g/mol. The maximum absolute atomic E-state index is 13.4. The van der Waals surface area contributed by atoms with E-state index in [2.05, 4.69) is 10.2 Å². The van der Waals surface area contributed by atoms with E-state index in [9.17, 15) is 12.8 Å². The molecule has 2 aliphatic rings. The largest absolute Gasteiger partial charge is 0.420 e. The molecule has 0 unspecified atom stereocenters.